The molecule has 0 saturated carbocycles. The molecular formula is C50H50Cl2SiZr-4. The Morgan fingerprint density at radius 3 is 0.944 bits per heavy atom. The second-order valence-corrected chi connectivity index (χ2v) is 12.7. The van der Waals surface area contributed by atoms with E-state index < -0.39 is 0 Å². The zero-order chi connectivity index (χ0) is 34.7. The molecule has 8 aromatic carbocycles. The fraction of sp³-hybridized carbons (Fsp3) is 0.120. The third-order valence-corrected chi connectivity index (χ3v) is 9.31. The normalized spacial score (nSPS) is 9.87. The standard InChI is InChI=1S/2C24H21.2CH3.2ClH.Si.Zr/c2*1-2-9-18-16-23-21(19-10-5-3-6-11-19)14-15-22(24(23)17-18)20-12-7-4-8-13-20;;;;;;/h2*3-8,10-17H,2,9H2,1H3;2*1H3;2*1H;;/q4*-1;;;;. The summed E-state index contributed by atoms with van der Waals surface area (Å²) in [5.74, 6) is 0. The van der Waals surface area contributed by atoms with Crippen LogP contribution < -0.4 is 0 Å². The van der Waals surface area contributed by atoms with Gasteiger partial charge in [0, 0.05) is 0 Å². The van der Waals surface area contributed by atoms with E-state index in [0.29, 0.717) is 0 Å². The SMILES string of the molecule is CCCc1cc2c(-c3ccccc3)ccc(-c3ccccc3)c2[cH-]1.CCCc1cc2c(-c3ccccc3)ccc(-c3ccccc3)c2[cH-]1.Cl.Cl.[CH3-].[CH3-].[Si]=[Zr]. The van der Waals surface area contributed by atoms with Crippen LogP contribution in [0, 0.1) is 14.9 Å². The molecule has 0 amide bonds. The molecular weight excluding hydrogens is 791 g/mol. The zero-order valence-corrected chi connectivity index (χ0v) is 36.9. The molecule has 0 bridgehead atoms. The van der Waals surface area contributed by atoms with Crippen LogP contribution in [0.3, 0.4) is 0 Å². The predicted molar refractivity (Wildman–Crippen MR) is 242 cm³/mol. The van der Waals surface area contributed by atoms with Crippen LogP contribution in [0.5, 0.6) is 0 Å². The van der Waals surface area contributed by atoms with Crippen molar-refractivity contribution in [1.29, 1.82) is 0 Å². The molecule has 0 N–H and O–H groups in total. The van der Waals surface area contributed by atoms with E-state index in [0.717, 1.165) is 12.8 Å². The molecule has 0 spiro atoms. The van der Waals surface area contributed by atoms with Crippen LogP contribution >= 0.6 is 24.8 Å². The number of aryl methyl sites for hydroxylation is 2. The van der Waals surface area contributed by atoms with E-state index in [-0.39, 0.29) is 39.7 Å². The fourth-order valence-corrected chi connectivity index (χ4v) is 7.06. The molecule has 0 atom stereocenters. The monoisotopic (exact) mass is 838 g/mol. The van der Waals surface area contributed by atoms with Crippen molar-refractivity contribution in [3.63, 3.8) is 0 Å². The number of fused-ring (bicyclic) bond motifs is 2. The van der Waals surface area contributed by atoms with Gasteiger partial charge in [-0.2, -0.15) is 12.1 Å². The van der Waals surface area contributed by atoms with E-state index in [2.05, 4.69) is 191 Å². The molecule has 8 aromatic rings. The number of halogens is 2. The van der Waals surface area contributed by atoms with Crippen LogP contribution in [0.1, 0.15) is 37.8 Å². The van der Waals surface area contributed by atoms with Crippen LogP contribution in [0.15, 0.2) is 170 Å². The van der Waals surface area contributed by atoms with Crippen LogP contribution in [-0.4, -0.2) is 6.88 Å². The topological polar surface area (TPSA) is 0 Å². The number of rotatable bonds is 8. The van der Waals surface area contributed by atoms with Gasteiger partial charge in [0.05, 0.1) is 0 Å². The van der Waals surface area contributed by atoms with Crippen LogP contribution in [0.25, 0.3) is 66.1 Å². The molecule has 4 heteroatoms. The summed E-state index contributed by atoms with van der Waals surface area (Å²) in [6, 6.07) is 61.4. The van der Waals surface area contributed by atoms with Gasteiger partial charge in [0.1, 0.15) is 0 Å². The molecule has 0 aliphatic carbocycles. The molecule has 0 unspecified atom stereocenters. The van der Waals surface area contributed by atoms with Crippen molar-refractivity contribution in [2.24, 2.45) is 0 Å². The Balaban J connectivity index is 0.000000334. The van der Waals surface area contributed by atoms with Gasteiger partial charge in [0.2, 0.25) is 0 Å². The molecule has 0 fully saturated rings. The molecule has 8 rings (SSSR count). The summed E-state index contributed by atoms with van der Waals surface area (Å²) in [5.41, 5.74) is 13.3. The van der Waals surface area contributed by atoms with Gasteiger partial charge in [-0.15, -0.1) is 69.6 Å². The summed E-state index contributed by atoms with van der Waals surface area (Å²) >= 11 is 1.36. The molecule has 0 aromatic heterocycles. The van der Waals surface area contributed by atoms with E-state index in [1.807, 2.05) is 0 Å². The van der Waals surface area contributed by atoms with Crippen molar-refractivity contribution < 1.29 is 23.3 Å². The van der Waals surface area contributed by atoms with Gasteiger partial charge >= 0.3 is 30.2 Å². The molecule has 0 saturated heterocycles. The second kappa shape index (κ2) is 23.2. The van der Waals surface area contributed by atoms with Crippen molar-refractivity contribution >= 4 is 53.2 Å². The zero-order valence-electron chi connectivity index (χ0n) is 31.8. The van der Waals surface area contributed by atoms with Gasteiger partial charge in [0.25, 0.3) is 0 Å². The molecule has 0 nitrogen and oxygen atoms in total. The third kappa shape index (κ3) is 10.7. The van der Waals surface area contributed by atoms with E-state index in [1.54, 1.807) is 0 Å². The second-order valence-electron chi connectivity index (χ2n) is 12.7. The quantitative estimate of drug-likeness (QED) is 0.106. The summed E-state index contributed by atoms with van der Waals surface area (Å²) in [6.07, 6.45) is 4.63. The van der Waals surface area contributed by atoms with Gasteiger partial charge in [-0.25, -0.2) is 0 Å². The van der Waals surface area contributed by atoms with E-state index >= 15 is 0 Å². The van der Waals surface area contributed by atoms with Crippen LogP contribution in [0.4, 0.5) is 0 Å². The molecule has 2 radical (unpaired) electrons. The summed E-state index contributed by atoms with van der Waals surface area (Å²) in [6.45, 7) is 7.55. The summed E-state index contributed by atoms with van der Waals surface area (Å²) < 4.78 is 0. The minimum atomic E-state index is 0. The van der Waals surface area contributed by atoms with E-state index in [4.69, 9.17) is 0 Å². The Kier molecular flexibility index (Phi) is 19.9. The summed E-state index contributed by atoms with van der Waals surface area (Å²) in [7, 11) is 0. The molecule has 0 aliphatic rings. The van der Waals surface area contributed by atoms with E-state index in [9.17, 15) is 0 Å². The summed E-state index contributed by atoms with van der Waals surface area (Å²) in [4.78, 5) is 0. The number of benzene rings is 6. The fourth-order valence-electron chi connectivity index (χ4n) is 7.06. The first-order valence-corrected chi connectivity index (χ1v) is 21.8. The summed E-state index contributed by atoms with van der Waals surface area (Å²) in [5, 5.41) is 5.47. The van der Waals surface area contributed by atoms with Crippen LogP contribution in [0.2, 0.25) is 0 Å². The average Bonchev–Trinajstić information content (AvgIpc) is 3.81. The van der Waals surface area contributed by atoms with Crippen LogP contribution in [-0.2, 0) is 36.2 Å². The number of hydrogen-bond acceptors (Lipinski definition) is 0. The Bertz CT molecular complexity index is 1940. The molecule has 276 valence electrons. The Labute approximate surface area is 353 Å². The average molecular weight is 841 g/mol. The van der Waals surface area contributed by atoms with Crippen molar-refractivity contribution in [3.05, 3.63) is 196 Å². The maximum atomic E-state index is 3.06. The van der Waals surface area contributed by atoms with Gasteiger partial charge in [-0.05, 0) is 24.0 Å². The van der Waals surface area contributed by atoms with Gasteiger partial charge in [0.15, 0.2) is 0 Å². The van der Waals surface area contributed by atoms with Gasteiger partial charge in [-0.3, -0.25) is 0 Å². The van der Waals surface area contributed by atoms with E-state index in [1.165, 1.54) is 113 Å². The van der Waals surface area contributed by atoms with Crippen molar-refractivity contribution in [2.75, 3.05) is 0 Å². The van der Waals surface area contributed by atoms with Crippen molar-refractivity contribution in [1.82, 2.24) is 0 Å². The Morgan fingerprint density at radius 1 is 0.407 bits per heavy atom. The first kappa shape index (κ1) is 46.4. The molecule has 0 aliphatic heterocycles. The Morgan fingerprint density at radius 2 is 0.667 bits per heavy atom. The third-order valence-electron chi connectivity index (χ3n) is 9.31. The molecule has 54 heavy (non-hydrogen) atoms. The Hall–Kier alpha value is -3.78. The minimum absolute atomic E-state index is 0. The molecule has 0 heterocycles. The first-order chi connectivity index (χ1) is 24.7. The first-order valence-electron chi connectivity index (χ1n) is 17.6. The maximum absolute atomic E-state index is 3.06. The van der Waals surface area contributed by atoms with Crippen molar-refractivity contribution in [2.45, 2.75) is 39.5 Å². The van der Waals surface area contributed by atoms with Gasteiger partial charge in [-0.1, -0.05) is 206 Å². The number of hydrogen-bond donors (Lipinski definition) is 0. The van der Waals surface area contributed by atoms with Gasteiger partial charge < -0.3 is 14.9 Å². The predicted octanol–water partition coefficient (Wildman–Crippen LogP) is 15.1. The van der Waals surface area contributed by atoms with Crippen molar-refractivity contribution in [3.8, 4) is 44.5 Å².